The van der Waals surface area contributed by atoms with E-state index in [1.165, 1.54) is 7.11 Å². The zero-order valence-corrected chi connectivity index (χ0v) is 24.8. The molecule has 41 heavy (non-hydrogen) atoms. The Bertz CT molecular complexity index is 1540. The van der Waals surface area contributed by atoms with Gasteiger partial charge >= 0.3 is 6.09 Å². The molecule has 0 saturated carbocycles. The summed E-state index contributed by atoms with van der Waals surface area (Å²) < 4.78 is 48.4. The van der Waals surface area contributed by atoms with Crippen molar-refractivity contribution in [3.8, 4) is 17.2 Å². The second-order valence-electron chi connectivity index (χ2n) is 11.3. The Labute approximate surface area is 244 Å². The number of methoxy groups -OCH3 is 1. The third-order valence-corrected chi connectivity index (χ3v) is 8.14. The Kier molecular flexibility index (Phi) is 7.90. The number of benzene rings is 2. The SMILES string of the molecule is COc1ccc(Cn2c(=O)cc(O)c3c(OC[C@H]4NC[C@H]5CC[C@@H]4N5C(=O)OC(C)(C)C)c(F)c(Br)c(F)c32)cc1. The summed E-state index contributed by atoms with van der Waals surface area (Å²) in [4.78, 5) is 27.6. The molecule has 220 valence electrons. The largest absolute Gasteiger partial charge is 0.507 e. The van der Waals surface area contributed by atoms with E-state index in [0.717, 1.165) is 17.1 Å². The maximum Gasteiger partial charge on any atom is 0.410 e. The van der Waals surface area contributed by atoms with Gasteiger partial charge in [-0.2, -0.15) is 0 Å². The first-order valence-electron chi connectivity index (χ1n) is 13.3. The molecule has 2 aliphatic rings. The van der Waals surface area contributed by atoms with Crippen molar-refractivity contribution in [2.45, 2.75) is 63.9 Å². The van der Waals surface area contributed by atoms with Crippen molar-refractivity contribution in [2.24, 2.45) is 0 Å². The molecule has 2 aliphatic heterocycles. The standard InChI is InChI=1S/C29H32BrF2N3O6/c1-29(2,3)41-28(38)35-16-7-10-19(35)18(33-12-16)14-40-27-22-20(36)11-21(37)34(26(22)24(31)23(30)25(27)32)13-15-5-8-17(39-4)9-6-15/h5-6,8-9,11,16,18-19,33,36H,7,10,12-14H2,1-4H3/t16-,18-,19+/m1/s1. The molecule has 2 aromatic carbocycles. The molecule has 0 spiro atoms. The van der Waals surface area contributed by atoms with Crippen LogP contribution in [-0.4, -0.2) is 64.7 Å². The summed E-state index contributed by atoms with van der Waals surface area (Å²) in [6, 6.07) is 7.09. The van der Waals surface area contributed by atoms with Crippen LogP contribution in [0.2, 0.25) is 0 Å². The van der Waals surface area contributed by atoms with Gasteiger partial charge in [-0.05, 0) is 67.2 Å². The molecule has 0 radical (unpaired) electrons. The molecule has 2 bridgehead atoms. The molecular formula is C29H32BrF2N3O6. The Morgan fingerprint density at radius 2 is 1.88 bits per heavy atom. The molecular weight excluding hydrogens is 604 g/mol. The van der Waals surface area contributed by atoms with E-state index in [1.54, 1.807) is 49.9 Å². The van der Waals surface area contributed by atoms with Crippen molar-refractivity contribution in [2.75, 3.05) is 20.3 Å². The van der Waals surface area contributed by atoms with Crippen LogP contribution in [0.5, 0.6) is 17.2 Å². The molecule has 1 amide bonds. The molecule has 12 heteroatoms. The van der Waals surface area contributed by atoms with Gasteiger partial charge in [-0.1, -0.05) is 12.1 Å². The van der Waals surface area contributed by atoms with E-state index in [9.17, 15) is 14.7 Å². The van der Waals surface area contributed by atoms with Gasteiger partial charge in [0.1, 0.15) is 23.7 Å². The highest BCUT2D eigenvalue weighted by Gasteiger charge is 2.46. The monoisotopic (exact) mass is 635 g/mol. The lowest BCUT2D eigenvalue weighted by Gasteiger charge is -2.41. The minimum atomic E-state index is -1.05. The fourth-order valence-corrected chi connectivity index (χ4v) is 5.94. The Morgan fingerprint density at radius 1 is 1.17 bits per heavy atom. The van der Waals surface area contributed by atoms with Crippen molar-refractivity contribution in [3.63, 3.8) is 0 Å². The lowest BCUT2D eigenvalue weighted by atomic mass is 10.1. The number of carbonyl (C=O) groups is 1. The van der Waals surface area contributed by atoms with E-state index in [-0.39, 0.29) is 42.2 Å². The van der Waals surface area contributed by atoms with Crippen LogP contribution < -0.4 is 20.3 Å². The first kappa shape index (κ1) is 29.1. The number of fused-ring (bicyclic) bond motifs is 3. The number of halogens is 3. The predicted molar refractivity (Wildman–Crippen MR) is 152 cm³/mol. The van der Waals surface area contributed by atoms with Crippen LogP contribution in [0, 0.1) is 11.6 Å². The van der Waals surface area contributed by atoms with Crippen molar-refractivity contribution < 1.29 is 32.9 Å². The fourth-order valence-electron chi connectivity index (χ4n) is 5.57. The molecule has 3 aromatic rings. The summed E-state index contributed by atoms with van der Waals surface area (Å²) >= 11 is 2.96. The van der Waals surface area contributed by atoms with Gasteiger partial charge < -0.3 is 29.2 Å². The van der Waals surface area contributed by atoms with Gasteiger partial charge in [-0.3, -0.25) is 9.69 Å². The Morgan fingerprint density at radius 3 is 2.54 bits per heavy atom. The molecule has 5 rings (SSSR count). The summed E-state index contributed by atoms with van der Waals surface area (Å²) in [6.07, 6.45) is 1.07. The van der Waals surface area contributed by atoms with Crippen LogP contribution in [-0.2, 0) is 11.3 Å². The summed E-state index contributed by atoms with van der Waals surface area (Å²) in [5, 5.41) is 13.8. The normalized spacial score (nSPS) is 20.4. The van der Waals surface area contributed by atoms with Gasteiger partial charge in [0.25, 0.3) is 5.56 Å². The predicted octanol–water partition coefficient (Wildman–Crippen LogP) is 4.92. The summed E-state index contributed by atoms with van der Waals surface area (Å²) in [7, 11) is 1.53. The molecule has 2 N–H and O–H groups in total. The van der Waals surface area contributed by atoms with E-state index < -0.39 is 44.9 Å². The first-order valence-corrected chi connectivity index (χ1v) is 14.1. The lowest BCUT2D eigenvalue weighted by Crippen LogP contribution is -2.61. The number of nitrogens with one attached hydrogen (secondary N) is 1. The highest BCUT2D eigenvalue weighted by Crippen LogP contribution is 2.41. The topological polar surface area (TPSA) is 102 Å². The summed E-state index contributed by atoms with van der Waals surface area (Å²) in [5.41, 5.74) is -0.976. The average molecular weight is 636 g/mol. The first-order chi connectivity index (χ1) is 19.4. The molecule has 0 aliphatic carbocycles. The molecule has 2 fully saturated rings. The van der Waals surface area contributed by atoms with Crippen LogP contribution in [0.3, 0.4) is 0 Å². The van der Waals surface area contributed by atoms with Gasteiger partial charge in [-0.15, -0.1) is 0 Å². The van der Waals surface area contributed by atoms with Crippen molar-refractivity contribution >= 4 is 32.9 Å². The van der Waals surface area contributed by atoms with Gasteiger partial charge in [0.2, 0.25) is 0 Å². The van der Waals surface area contributed by atoms with Crippen molar-refractivity contribution in [1.29, 1.82) is 0 Å². The van der Waals surface area contributed by atoms with Crippen LogP contribution in [0.4, 0.5) is 13.6 Å². The zero-order chi connectivity index (χ0) is 29.6. The number of amides is 1. The number of piperazine rings is 1. The van der Waals surface area contributed by atoms with Crippen LogP contribution in [0.15, 0.2) is 39.6 Å². The Balaban J connectivity index is 1.49. The maximum atomic E-state index is 15.6. The number of aromatic nitrogens is 1. The van der Waals surface area contributed by atoms with Gasteiger partial charge in [0, 0.05) is 18.7 Å². The van der Waals surface area contributed by atoms with Crippen molar-refractivity contribution in [1.82, 2.24) is 14.8 Å². The molecule has 9 nitrogen and oxygen atoms in total. The minimum Gasteiger partial charge on any atom is -0.507 e. The highest BCUT2D eigenvalue weighted by molar-refractivity contribution is 9.10. The number of rotatable bonds is 6. The number of hydrogen-bond donors (Lipinski definition) is 2. The minimum absolute atomic E-state index is 0.0277. The second kappa shape index (κ2) is 11.1. The number of carbonyl (C=O) groups excluding carboxylic acids is 1. The maximum absolute atomic E-state index is 15.6. The van der Waals surface area contributed by atoms with E-state index in [2.05, 4.69) is 21.2 Å². The Hall–Kier alpha value is -3.38. The summed E-state index contributed by atoms with van der Waals surface area (Å²) in [5.74, 6) is -2.50. The quantitative estimate of drug-likeness (QED) is 0.371. The number of nitrogens with zero attached hydrogens (tertiary/aromatic N) is 2. The summed E-state index contributed by atoms with van der Waals surface area (Å²) in [6.45, 7) is 5.78. The second-order valence-corrected chi connectivity index (χ2v) is 12.1. The van der Waals surface area contributed by atoms with Gasteiger partial charge in [-0.25, -0.2) is 13.6 Å². The lowest BCUT2D eigenvalue weighted by molar-refractivity contribution is 0.00114. The number of ether oxygens (including phenoxy) is 3. The highest BCUT2D eigenvalue weighted by atomic mass is 79.9. The van der Waals surface area contributed by atoms with Gasteiger partial charge in [0.15, 0.2) is 17.4 Å². The average Bonchev–Trinajstić information content (AvgIpc) is 3.24. The van der Waals surface area contributed by atoms with Crippen molar-refractivity contribution in [3.05, 3.63) is 62.4 Å². The zero-order valence-electron chi connectivity index (χ0n) is 23.2. The molecule has 0 unspecified atom stereocenters. The number of aromatic hydroxyl groups is 1. The van der Waals surface area contributed by atoms with Crippen LogP contribution >= 0.6 is 15.9 Å². The number of hydrogen-bond acceptors (Lipinski definition) is 7. The van der Waals surface area contributed by atoms with Crippen LogP contribution in [0.25, 0.3) is 10.9 Å². The van der Waals surface area contributed by atoms with E-state index in [4.69, 9.17) is 14.2 Å². The van der Waals surface area contributed by atoms with Crippen LogP contribution in [0.1, 0.15) is 39.2 Å². The molecule has 3 heterocycles. The smallest absolute Gasteiger partial charge is 0.410 e. The van der Waals surface area contributed by atoms with E-state index in [0.29, 0.717) is 24.3 Å². The van der Waals surface area contributed by atoms with Gasteiger partial charge in [0.05, 0.1) is 41.1 Å². The molecule has 3 atom stereocenters. The molecule has 1 aromatic heterocycles. The fraction of sp³-hybridized carbons (Fsp3) is 0.448. The van der Waals surface area contributed by atoms with E-state index in [1.807, 2.05) is 0 Å². The van der Waals surface area contributed by atoms with E-state index >= 15 is 8.78 Å². The molecule has 2 saturated heterocycles. The third kappa shape index (κ3) is 5.59. The third-order valence-electron chi connectivity index (χ3n) is 7.45. The number of pyridine rings is 1.